The van der Waals surface area contributed by atoms with Crippen LogP contribution in [0.3, 0.4) is 0 Å². The van der Waals surface area contributed by atoms with Crippen LogP contribution in [0.5, 0.6) is 0 Å². The molecular formula is C21H21NO. The minimum Gasteiger partial charge on any atom is -0.316 e. The summed E-state index contributed by atoms with van der Waals surface area (Å²) >= 11 is 0. The van der Waals surface area contributed by atoms with Crippen molar-refractivity contribution in [1.29, 1.82) is 0 Å². The first kappa shape index (κ1) is 16.7. The van der Waals surface area contributed by atoms with Crippen LogP contribution >= 0.6 is 0 Å². The Morgan fingerprint density at radius 3 is 1.78 bits per heavy atom. The largest absolute Gasteiger partial charge is 0.316 e. The van der Waals surface area contributed by atoms with Gasteiger partial charge in [0.1, 0.15) is 6.29 Å². The van der Waals surface area contributed by atoms with E-state index < -0.39 is 0 Å². The van der Waals surface area contributed by atoms with Crippen LogP contribution < -0.4 is 5.32 Å². The summed E-state index contributed by atoms with van der Waals surface area (Å²) in [7, 11) is 1.95. The summed E-state index contributed by atoms with van der Waals surface area (Å²) in [5.74, 6) is 0. The number of carbonyl (C=O) groups is 1. The minimum absolute atomic E-state index is 0.713. The molecule has 0 heterocycles. The second kappa shape index (κ2) is 9.34. The van der Waals surface area contributed by atoms with Crippen molar-refractivity contribution in [2.24, 2.45) is 0 Å². The minimum atomic E-state index is 0.713. The van der Waals surface area contributed by atoms with Gasteiger partial charge in [0.25, 0.3) is 0 Å². The predicted octanol–water partition coefficient (Wildman–Crippen LogP) is 4.57. The Bertz CT molecular complexity index is 691. The maximum Gasteiger partial charge on any atom is 0.150 e. The van der Waals surface area contributed by atoms with Crippen molar-refractivity contribution in [2.75, 3.05) is 7.05 Å². The van der Waals surface area contributed by atoms with Crippen LogP contribution in [0.2, 0.25) is 0 Å². The average Bonchev–Trinajstić information content (AvgIpc) is 2.64. The smallest absolute Gasteiger partial charge is 0.150 e. The maximum atomic E-state index is 10.5. The molecule has 0 aliphatic heterocycles. The number of hydrogen-bond acceptors (Lipinski definition) is 2. The molecule has 2 nitrogen and oxygen atoms in total. The van der Waals surface area contributed by atoms with Crippen molar-refractivity contribution in [3.63, 3.8) is 0 Å². The van der Waals surface area contributed by atoms with E-state index in [1.165, 1.54) is 11.1 Å². The van der Waals surface area contributed by atoms with Crippen LogP contribution in [0, 0.1) is 0 Å². The zero-order valence-electron chi connectivity index (χ0n) is 13.3. The summed E-state index contributed by atoms with van der Waals surface area (Å²) < 4.78 is 0. The van der Waals surface area contributed by atoms with Crippen LogP contribution in [-0.2, 0) is 6.54 Å². The Morgan fingerprint density at radius 2 is 1.26 bits per heavy atom. The van der Waals surface area contributed by atoms with Gasteiger partial charge in [0.2, 0.25) is 0 Å². The fourth-order valence-corrected chi connectivity index (χ4v) is 2.18. The first-order valence-corrected chi connectivity index (χ1v) is 7.62. The van der Waals surface area contributed by atoms with E-state index >= 15 is 0 Å². The van der Waals surface area contributed by atoms with Crippen molar-refractivity contribution >= 4 is 6.29 Å². The quantitative estimate of drug-likeness (QED) is 0.715. The summed E-state index contributed by atoms with van der Waals surface area (Å²) in [6.07, 6.45) is 0.856. The molecule has 0 saturated heterocycles. The third-order valence-electron chi connectivity index (χ3n) is 3.38. The van der Waals surface area contributed by atoms with Crippen molar-refractivity contribution in [3.05, 3.63) is 96.1 Å². The average molecular weight is 303 g/mol. The molecule has 0 amide bonds. The highest BCUT2D eigenvalue weighted by Crippen LogP contribution is 2.18. The van der Waals surface area contributed by atoms with E-state index in [2.05, 4.69) is 29.6 Å². The molecular weight excluding hydrogens is 282 g/mol. The van der Waals surface area contributed by atoms with Crippen LogP contribution in [0.4, 0.5) is 0 Å². The van der Waals surface area contributed by atoms with Gasteiger partial charge in [-0.2, -0.15) is 0 Å². The summed E-state index contributed by atoms with van der Waals surface area (Å²) in [5, 5.41) is 3.08. The van der Waals surface area contributed by atoms with Crippen LogP contribution in [0.15, 0.2) is 84.9 Å². The fraction of sp³-hybridized carbons (Fsp3) is 0.0952. The highest BCUT2D eigenvalue weighted by molar-refractivity contribution is 5.76. The van der Waals surface area contributed by atoms with Crippen molar-refractivity contribution in [3.8, 4) is 11.1 Å². The molecule has 0 aromatic heterocycles. The topological polar surface area (TPSA) is 29.1 Å². The summed E-state index contributed by atoms with van der Waals surface area (Å²) in [4.78, 5) is 10.5. The Balaban J connectivity index is 0.000000185. The van der Waals surface area contributed by atoms with Crippen molar-refractivity contribution in [2.45, 2.75) is 6.54 Å². The van der Waals surface area contributed by atoms with E-state index in [-0.39, 0.29) is 0 Å². The van der Waals surface area contributed by atoms with Crippen molar-refractivity contribution < 1.29 is 4.79 Å². The third kappa shape index (κ3) is 5.53. The Morgan fingerprint density at radius 1 is 0.739 bits per heavy atom. The first-order valence-electron chi connectivity index (χ1n) is 7.62. The molecule has 0 bridgehead atoms. The standard InChI is InChI=1S/C13H10O.C8H11N/c14-10-11-6-8-13(9-7-11)12-4-2-1-3-5-12;1-9-7-8-5-3-2-4-6-8/h1-10H;2-6,9H,7H2,1H3. The number of benzene rings is 3. The van der Waals surface area contributed by atoms with E-state index in [1.807, 2.05) is 67.7 Å². The molecule has 23 heavy (non-hydrogen) atoms. The zero-order chi connectivity index (χ0) is 16.3. The monoisotopic (exact) mass is 303 g/mol. The molecule has 0 atom stereocenters. The van der Waals surface area contributed by atoms with Crippen LogP contribution in [0.1, 0.15) is 15.9 Å². The van der Waals surface area contributed by atoms with Gasteiger partial charge in [-0.25, -0.2) is 0 Å². The van der Waals surface area contributed by atoms with Gasteiger partial charge in [0.15, 0.2) is 0 Å². The van der Waals surface area contributed by atoms with E-state index in [0.29, 0.717) is 5.56 Å². The fourth-order valence-electron chi connectivity index (χ4n) is 2.18. The SMILES string of the molecule is CNCc1ccccc1.O=Cc1ccc(-c2ccccc2)cc1. The van der Waals surface area contributed by atoms with Crippen molar-refractivity contribution in [1.82, 2.24) is 5.32 Å². The van der Waals surface area contributed by atoms with E-state index in [0.717, 1.165) is 18.4 Å². The van der Waals surface area contributed by atoms with Gasteiger partial charge < -0.3 is 5.32 Å². The van der Waals surface area contributed by atoms with Gasteiger partial charge in [-0.15, -0.1) is 0 Å². The normalized spacial score (nSPS) is 9.61. The van der Waals surface area contributed by atoms with Gasteiger partial charge in [-0.1, -0.05) is 84.9 Å². The second-order valence-electron chi connectivity index (χ2n) is 5.12. The summed E-state index contributed by atoms with van der Waals surface area (Å²) in [6, 6.07) is 28.0. The van der Waals surface area contributed by atoms with E-state index in [4.69, 9.17) is 0 Å². The number of rotatable bonds is 4. The third-order valence-corrected chi connectivity index (χ3v) is 3.38. The Labute approximate surface area is 137 Å². The van der Waals surface area contributed by atoms with Gasteiger partial charge in [0, 0.05) is 12.1 Å². The lowest BCUT2D eigenvalue weighted by molar-refractivity contribution is 0.112. The molecule has 0 unspecified atom stereocenters. The highest BCUT2D eigenvalue weighted by atomic mass is 16.1. The molecule has 0 aliphatic rings. The lowest BCUT2D eigenvalue weighted by Crippen LogP contribution is -2.04. The van der Waals surface area contributed by atoms with E-state index in [1.54, 1.807) is 0 Å². The lowest BCUT2D eigenvalue weighted by atomic mass is 10.0. The molecule has 3 rings (SSSR count). The second-order valence-corrected chi connectivity index (χ2v) is 5.12. The molecule has 0 aliphatic carbocycles. The molecule has 0 saturated carbocycles. The number of hydrogen-bond donors (Lipinski definition) is 1. The highest BCUT2D eigenvalue weighted by Gasteiger charge is 1.95. The number of nitrogens with one attached hydrogen (secondary N) is 1. The Kier molecular flexibility index (Phi) is 6.76. The summed E-state index contributed by atoms with van der Waals surface area (Å²) in [5.41, 5.74) is 4.35. The van der Waals surface area contributed by atoms with Gasteiger partial charge in [-0.05, 0) is 23.7 Å². The summed E-state index contributed by atoms with van der Waals surface area (Å²) in [6.45, 7) is 0.959. The molecule has 1 N–H and O–H groups in total. The lowest BCUT2D eigenvalue weighted by Gasteiger charge is -2.00. The van der Waals surface area contributed by atoms with Crippen LogP contribution in [-0.4, -0.2) is 13.3 Å². The zero-order valence-corrected chi connectivity index (χ0v) is 13.3. The molecule has 3 aromatic rings. The number of aldehydes is 1. The maximum absolute atomic E-state index is 10.5. The molecule has 116 valence electrons. The first-order chi connectivity index (χ1) is 11.3. The van der Waals surface area contributed by atoms with Gasteiger partial charge in [0.05, 0.1) is 0 Å². The number of carbonyl (C=O) groups excluding carboxylic acids is 1. The Hall–Kier alpha value is -2.71. The predicted molar refractivity (Wildman–Crippen MR) is 96.5 cm³/mol. The van der Waals surface area contributed by atoms with Crippen LogP contribution in [0.25, 0.3) is 11.1 Å². The van der Waals surface area contributed by atoms with Gasteiger partial charge in [-0.3, -0.25) is 4.79 Å². The molecule has 0 radical (unpaired) electrons. The molecule has 0 fully saturated rings. The molecule has 3 aromatic carbocycles. The van der Waals surface area contributed by atoms with E-state index in [9.17, 15) is 4.79 Å². The van der Waals surface area contributed by atoms with Gasteiger partial charge >= 0.3 is 0 Å². The molecule has 0 spiro atoms. The molecule has 2 heteroatoms.